The Morgan fingerprint density at radius 2 is 2.22 bits per heavy atom. The van der Waals surface area contributed by atoms with Gasteiger partial charge < -0.3 is 15.4 Å². The molecule has 0 spiro atoms. The number of carbonyl (C=O) groups is 2. The number of nitrogens with one attached hydrogen (secondary N) is 2. The number of methoxy groups -OCH3 is 1. The largest absolute Gasteiger partial charge is 0.465 e. The van der Waals surface area contributed by atoms with Crippen LogP contribution in [0, 0.1) is 6.92 Å². The molecule has 0 unspecified atom stereocenters. The molecule has 1 amide bonds. The molecular formula is C12H16N2O3S. The fourth-order valence-corrected chi connectivity index (χ4v) is 2.47. The first-order chi connectivity index (χ1) is 8.61. The highest BCUT2D eigenvalue weighted by Gasteiger charge is 2.22. The van der Waals surface area contributed by atoms with Crippen LogP contribution in [-0.2, 0) is 9.53 Å². The number of ether oxygens (including phenoxy) is 1. The number of rotatable bonds is 5. The van der Waals surface area contributed by atoms with Crippen molar-refractivity contribution in [2.24, 2.45) is 0 Å². The molecule has 0 bridgehead atoms. The molecular weight excluding hydrogens is 252 g/mol. The number of thiophene rings is 1. The van der Waals surface area contributed by atoms with Gasteiger partial charge in [0, 0.05) is 6.04 Å². The molecule has 6 heteroatoms. The van der Waals surface area contributed by atoms with Gasteiger partial charge in [-0.15, -0.1) is 11.3 Å². The van der Waals surface area contributed by atoms with Crippen molar-refractivity contribution in [2.45, 2.75) is 25.8 Å². The maximum Gasteiger partial charge on any atom is 0.350 e. The minimum Gasteiger partial charge on any atom is -0.465 e. The predicted octanol–water partition coefficient (Wildman–Crippen LogP) is 1.53. The number of carbonyl (C=O) groups excluding carboxylic acids is 2. The summed E-state index contributed by atoms with van der Waals surface area (Å²) in [5.41, 5.74) is 1.44. The lowest BCUT2D eigenvalue weighted by atomic mass is 10.2. The topological polar surface area (TPSA) is 67.4 Å². The third-order valence-corrected chi connectivity index (χ3v) is 3.82. The zero-order valence-corrected chi connectivity index (χ0v) is 11.2. The van der Waals surface area contributed by atoms with Crippen molar-refractivity contribution in [1.82, 2.24) is 5.32 Å². The van der Waals surface area contributed by atoms with E-state index < -0.39 is 5.97 Å². The lowest BCUT2D eigenvalue weighted by Crippen LogP contribution is -2.30. The smallest absolute Gasteiger partial charge is 0.350 e. The number of anilines is 1. The molecule has 18 heavy (non-hydrogen) atoms. The molecule has 0 aromatic carbocycles. The molecule has 1 aliphatic carbocycles. The summed E-state index contributed by atoms with van der Waals surface area (Å²) in [5.74, 6) is -0.549. The van der Waals surface area contributed by atoms with E-state index in [-0.39, 0.29) is 12.5 Å². The van der Waals surface area contributed by atoms with Gasteiger partial charge in [0.05, 0.1) is 19.3 Å². The van der Waals surface area contributed by atoms with E-state index in [0.29, 0.717) is 16.6 Å². The van der Waals surface area contributed by atoms with E-state index in [2.05, 4.69) is 15.4 Å². The number of hydrogen-bond donors (Lipinski definition) is 2. The zero-order valence-electron chi connectivity index (χ0n) is 10.4. The van der Waals surface area contributed by atoms with Gasteiger partial charge in [0.2, 0.25) is 5.91 Å². The van der Waals surface area contributed by atoms with Crippen molar-refractivity contribution in [3.63, 3.8) is 0 Å². The lowest BCUT2D eigenvalue weighted by molar-refractivity contribution is -0.115. The summed E-state index contributed by atoms with van der Waals surface area (Å²) in [6, 6.07) is 0.486. The summed E-state index contributed by atoms with van der Waals surface area (Å²) in [6.45, 7) is 2.13. The van der Waals surface area contributed by atoms with Crippen molar-refractivity contribution in [1.29, 1.82) is 0 Å². The summed E-state index contributed by atoms with van der Waals surface area (Å²) in [5, 5.41) is 7.72. The van der Waals surface area contributed by atoms with Crippen LogP contribution in [0.25, 0.3) is 0 Å². The van der Waals surface area contributed by atoms with Gasteiger partial charge in [-0.2, -0.15) is 0 Å². The first-order valence-electron chi connectivity index (χ1n) is 5.81. The summed E-state index contributed by atoms with van der Waals surface area (Å²) in [6.07, 6.45) is 2.27. The van der Waals surface area contributed by atoms with Crippen LogP contribution < -0.4 is 10.6 Å². The Kier molecular flexibility index (Phi) is 3.98. The van der Waals surface area contributed by atoms with Crippen molar-refractivity contribution in [2.75, 3.05) is 19.0 Å². The van der Waals surface area contributed by atoms with E-state index in [1.807, 2.05) is 12.3 Å². The van der Waals surface area contributed by atoms with Crippen molar-refractivity contribution in [3.05, 3.63) is 15.8 Å². The van der Waals surface area contributed by atoms with Gasteiger partial charge in [0.25, 0.3) is 0 Å². The Hall–Kier alpha value is -1.40. The molecule has 5 nitrogen and oxygen atoms in total. The number of esters is 1. The second kappa shape index (κ2) is 5.49. The van der Waals surface area contributed by atoms with Crippen LogP contribution >= 0.6 is 11.3 Å². The van der Waals surface area contributed by atoms with Crippen LogP contribution in [0.2, 0.25) is 0 Å². The van der Waals surface area contributed by atoms with Gasteiger partial charge in [-0.25, -0.2) is 4.79 Å². The quantitative estimate of drug-likeness (QED) is 0.795. The highest BCUT2D eigenvalue weighted by molar-refractivity contribution is 7.12. The molecule has 1 aromatic heterocycles. The van der Waals surface area contributed by atoms with E-state index in [1.54, 1.807) is 0 Å². The van der Waals surface area contributed by atoms with E-state index in [0.717, 1.165) is 18.4 Å². The fraction of sp³-hybridized carbons (Fsp3) is 0.500. The van der Waals surface area contributed by atoms with Crippen LogP contribution in [0.5, 0.6) is 0 Å². The van der Waals surface area contributed by atoms with E-state index >= 15 is 0 Å². The Balaban J connectivity index is 2.00. The Bertz CT molecular complexity index is 466. The lowest BCUT2D eigenvalue weighted by Gasteiger charge is -2.07. The van der Waals surface area contributed by atoms with Gasteiger partial charge in [-0.1, -0.05) is 0 Å². The molecule has 2 N–H and O–H groups in total. The van der Waals surface area contributed by atoms with E-state index in [4.69, 9.17) is 0 Å². The molecule has 2 rings (SSSR count). The molecule has 98 valence electrons. The summed E-state index contributed by atoms with van der Waals surface area (Å²) in [4.78, 5) is 23.7. The Labute approximate surface area is 110 Å². The van der Waals surface area contributed by atoms with E-state index in [9.17, 15) is 9.59 Å². The minimum absolute atomic E-state index is 0.131. The van der Waals surface area contributed by atoms with Gasteiger partial charge in [0.1, 0.15) is 4.88 Å². The highest BCUT2D eigenvalue weighted by Crippen LogP contribution is 2.28. The van der Waals surface area contributed by atoms with Crippen LogP contribution in [0.1, 0.15) is 28.1 Å². The predicted molar refractivity (Wildman–Crippen MR) is 70.0 cm³/mol. The summed E-state index contributed by atoms with van der Waals surface area (Å²) in [7, 11) is 1.33. The molecule has 1 heterocycles. The monoisotopic (exact) mass is 268 g/mol. The average molecular weight is 268 g/mol. The molecule has 0 saturated heterocycles. The zero-order chi connectivity index (χ0) is 13.1. The standard InChI is InChI=1S/C12H16N2O3S/c1-7-6-18-11(12(16)17-2)10(7)14-9(15)5-13-8-3-4-8/h6,8,13H,3-5H2,1-2H3,(H,14,15). The fourth-order valence-electron chi connectivity index (χ4n) is 1.55. The minimum atomic E-state index is -0.418. The van der Waals surface area contributed by atoms with Gasteiger partial charge >= 0.3 is 5.97 Å². The van der Waals surface area contributed by atoms with Crippen LogP contribution in [-0.4, -0.2) is 31.6 Å². The molecule has 1 aliphatic rings. The summed E-state index contributed by atoms with van der Waals surface area (Å²) < 4.78 is 4.68. The van der Waals surface area contributed by atoms with Crippen molar-refractivity contribution < 1.29 is 14.3 Å². The van der Waals surface area contributed by atoms with Gasteiger partial charge in [-0.05, 0) is 30.7 Å². The maximum absolute atomic E-state index is 11.7. The molecule has 1 saturated carbocycles. The second-order valence-corrected chi connectivity index (χ2v) is 5.20. The maximum atomic E-state index is 11.7. The van der Waals surface area contributed by atoms with Crippen molar-refractivity contribution in [3.8, 4) is 0 Å². The number of amides is 1. The number of hydrogen-bond acceptors (Lipinski definition) is 5. The molecule has 1 aromatic rings. The van der Waals surface area contributed by atoms with E-state index in [1.165, 1.54) is 18.4 Å². The second-order valence-electron chi connectivity index (χ2n) is 4.32. The van der Waals surface area contributed by atoms with Gasteiger partial charge in [0.15, 0.2) is 0 Å². The van der Waals surface area contributed by atoms with Crippen molar-refractivity contribution >= 4 is 28.9 Å². The Morgan fingerprint density at radius 3 is 2.83 bits per heavy atom. The SMILES string of the molecule is COC(=O)c1scc(C)c1NC(=O)CNC1CC1. The third kappa shape index (κ3) is 3.08. The normalized spacial score (nSPS) is 14.3. The molecule has 0 radical (unpaired) electrons. The Morgan fingerprint density at radius 1 is 1.50 bits per heavy atom. The molecule has 0 atom stereocenters. The van der Waals surface area contributed by atoms with Crippen LogP contribution in [0.15, 0.2) is 5.38 Å². The third-order valence-electron chi connectivity index (χ3n) is 2.74. The molecule has 1 fully saturated rings. The summed E-state index contributed by atoms with van der Waals surface area (Å²) >= 11 is 1.28. The number of aryl methyl sites for hydroxylation is 1. The molecule has 0 aliphatic heterocycles. The first kappa shape index (κ1) is 13.0. The van der Waals surface area contributed by atoms with Crippen LogP contribution in [0.4, 0.5) is 5.69 Å². The first-order valence-corrected chi connectivity index (χ1v) is 6.69. The average Bonchev–Trinajstić information content (AvgIpc) is 3.12. The van der Waals surface area contributed by atoms with Crippen LogP contribution in [0.3, 0.4) is 0 Å². The highest BCUT2D eigenvalue weighted by atomic mass is 32.1. The van der Waals surface area contributed by atoms with Gasteiger partial charge in [-0.3, -0.25) is 4.79 Å².